The molecule has 2 heterocycles. The van der Waals surface area contributed by atoms with Gasteiger partial charge in [-0.15, -0.1) is 11.5 Å². The molecular formula is C38H45NO17. The summed E-state index contributed by atoms with van der Waals surface area (Å²) in [4.78, 5) is 88.7. The first-order valence-corrected chi connectivity index (χ1v) is 17.6. The lowest BCUT2D eigenvalue weighted by atomic mass is 9.94. The minimum atomic E-state index is -1.79. The Bertz CT molecular complexity index is 1690. The van der Waals surface area contributed by atoms with Crippen molar-refractivity contribution in [3.05, 3.63) is 59.1 Å². The minimum Gasteiger partial charge on any atom is -0.463 e. The molecule has 2 aliphatic carbocycles. The molecule has 0 unspecified atom stereocenters. The second-order valence-corrected chi connectivity index (χ2v) is 13.0. The number of ether oxygens (including phenoxy) is 10. The Hall–Kier alpha value is -5.35. The number of allylic oxidation sites excluding steroid dienone is 2. The summed E-state index contributed by atoms with van der Waals surface area (Å²) in [5, 5.41) is 0. The quantitative estimate of drug-likeness (QED) is 0.122. The molecule has 0 amide bonds. The van der Waals surface area contributed by atoms with E-state index in [2.05, 4.69) is 11.5 Å². The summed E-state index contributed by atoms with van der Waals surface area (Å²) in [6.45, 7) is 7.00. The molecule has 0 radical (unpaired) electrons. The first-order valence-electron chi connectivity index (χ1n) is 17.6. The van der Waals surface area contributed by atoms with Crippen molar-refractivity contribution >= 4 is 41.8 Å². The maximum atomic E-state index is 12.8. The number of hydrogen-bond donors (Lipinski definition) is 0. The number of esters is 7. The molecule has 0 N–H and O–H groups in total. The topological polar surface area (TPSA) is 215 Å². The Labute approximate surface area is 322 Å². The molecule has 2 saturated heterocycles. The lowest BCUT2D eigenvalue weighted by molar-refractivity contribution is -0.351. The van der Waals surface area contributed by atoms with E-state index >= 15 is 0 Å². The van der Waals surface area contributed by atoms with Gasteiger partial charge in [0.25, 0.3) is 0 Å². The fraction of sp³-hybridized carbons (Fsp3) is 0.553. The Kier molecular flexibility index (Phi) is 15.5. The van der Waals surface area contributed by atoms with Crippen molar-refractivity contribution in [3.8, 4) is 0 Å². The molecule has 0 spiro atoms. The van der Waals surface area contributed by atoms with Crippen molar-refractivity contribution in [2.24, 2.45) is 0 Å². The summed E-state index contributed by atoms with van der Waals surface area (Å²) in [5.41, 5.74) is 7.72. The molecular weight excluding hydrogens is 742 g/mol. The van der Waals surface area contributed by atoms with Gasteiger partial charge in [-0.2, -0.15) is 0 Å². The van der Waals surface area contributed by atoms with Gasteiger partial charge in [0.05, 0.1) is 0 Å². The van der Waals surface area contributed by atoms with Crippen molar-refractivity contribution in [2.45, 2.75) is 110 Å². The third-order valence-corrected chi connectivity index (χ3v) is 8.34. The fourth-order valence-corrected chi connectivity index (χ4v) is 6.39. The molecule has 4 aliphatic rings. The Morgan fingerprint density at radius 3 is 1.38 bits per heavy atom. The lowest BCUT2D eigenvalue weighted by Gasteiger charge is -2.50. The molecule has 0 aromatic rings. The standard InChI is InChI=1S/C38H45NO17/c1-20(40)47-18-29-32(56-38-36(53-26(7)46)34(51-24(5)44)31(49-22(3)42)30(55-38)19-48-21(2)41)33(50-23(4)43)35(52-25(6)45)37(54-29)39(16-27-12-8-9-13-27)17-28-14-10-11-15-28/h8-12,14,29-38H,16-19H2,1-7H3/t29-,30-,31+,32-,33+,34+,35-,36-,37-,38+/m1/s1. The van der Waals surface area contributed by atoms with Crippen molar-refractivity contribution in [1.82, 2.24) is 4.90 Å². The predicted octanol–water partition coefficient (Wildman–Crippen LogP) is 1.21. The normalized spacial score (nSPS) is 28.9. The van der Waals surface area contributed by atoms with Crippen LogP contribution in [0.2, 0.25) is 0 Å². The monoisotopic (exact) mass is 787 g/mol. The number of carbonyl (C=O) groups excluding carboxylic acids is 7. The van der Waals surface area contributed by atoms with Gasteiger partial charge in [-0.25, -0.2) is 0 Å². The molecule has 304 valence electrons. The van der Waals surface area contributed by atoms with Crippen molar-refractivity contribution in [2.75, 3.05) is 26.3 Å². The maximum Gasteiger partial charge on any atom is 0.303 e. The third-order valence-electron chi connectivity index (χ3n) is 8.34. The zero-order chi connectivity index (χ0) is 41.1. The van der Waals surface area contributed by atoms with Gasteiger partial charge in [0.15, 0.2) is 43.0 Å². The summed E-state index contributed by atoms with van der Waals surface area (Å²) >= 11 is 0. The van der Waals surface area contributed by atoms with Gasteiger partial charge in [0, 0.05) is 72.7 Å². The Balaban J connectivity index is 1.86. The molecule has 0 saturated carbocycles. The highest BCUT2D eigenvalue weighted by molar-refractivity contribution is 5.69. The lowest BCUT2D eigenvalue weighted by Crippen LogP contribution is -2.69. The maximum absolute atomic E-state index is 12.8. The van der Waals surface area contributed by atoms with E-state index in [0.717, 1.165) is 59.6 Å². The van der Waals surface area contributed by atoms with E-state index in [1.807, 2.05) is 12.2 Å². The molecule has 2 aliphatic heterocycles. The third kappa shape index (κ3) is 12.3. The van der Waals surface area contributed by atoms with Gasteiger partial charge in [0.2, 0.25) is 0 Å². The minimum absolute atomic E-state index is 0.187. The summed E-state index contributed by atoms with van der Waals surface area (Å²) < 4.78 is 58.0. The van der Waals surface area contributed by atoms with Crippen LogP contribution < -0.4 is 0 Å². The van der Waals surface area contributed by atoms with Crippen molar-refractivity contribution < 1.29 is 80.9 Å². The number of rotatable bonds is 16. The number of carbonyl (C=O) groups is 7. The second-order valence-electron chi connectivity index (χ2n) is 13.0. The Morgan fingerprint density at radius 1 is 0.536 bits per heavy atom. The largest absolute Gasteiger partial charge is 0.463 e. The van der Waals surface area contributed by atoms with Gasteiger partial charge in [-0.1, -0.05) is 12.2 Å². The number of hydrogen-bond acceptors (Lipinski definition) is 18. The van der Waals surface area contributed by atoms with E-state index in [0.29, 0.717) is 0 Å². The molecule has 18 nitrogen and oxygen atoms in total. The van der Waals surface area contributed by atoms with E-state index in [1.54, 1.807) is 29.2 Å². The van der Waals surface area contributed by atoms with Crippen LogP contribution in [0.4, 0.5) is 0 Å². The average molecular weight is 788 g/mol. The first-order chi connectivity index (χ1) is 26.5. The summed E-state index contributed by atoms with van der Waals surface area (Å²) in [6.07, 6.45) is -4.42. The summed E-state index contributed by atoms with van der Waals surface area (Å²) in [6, 6.07) is 0. The van der Waals surface area contributed by atoms with Gasteiger partial charge in [-0.3, -0.25) is 38.5 Å². The van der Waals surface area contributed by atoms with E-state index in [-0.39, 0.29) is 13.1 Å². The van der Waals surface area contributed by atoms with Crippen LogP contribution in [0.1, 0.15) is 48.5 Å². The van der Waals surface area contributed by atoms with Crippen LogP contribution in [-0.2, 0) is 80.9 Å². The van der Waals surface area contributed by atoms with Crippen LogP contribution in [-0.4, -0.2) is 134 Å². The van der Waals surface area contributed by atoms with Crippen molar-refractivity contribution in [3.63, 3.8) is 0 Å². The molecule has 10 atom stereocenters. The zero-order valence-electron chi connectivity index (χ0n) is 32.0. The highest BCUT2D eigenvalue weighted by atomic mass is 16.8. The first kappa shape index (κ1) is 43.4. The average Bonchev–Trinajstić information content (AvgIpc) is 3.81. The highest BCUT2D eigenvalue weighted by Gasteiger charge is 2.58. The number of nitrogens with zero attached hydrogens (tertiary/aromatic N) is 1. The van der Waals surface area contributed by atoms with Crippen LogP contribution >= 0.6 is 0 Å². The summed E-state index contributed by atoms with van der Waals surface area (Å²) in [7, 11) is 0. The van der Waals surface area contributed by atoms with Gasteiger partial charge < -0.3 is 47.4 Å². The van der Waals surface area contributed by atoms with Crippen LogP contribution in [0.15, 0.2) is 59.1 Å². The van der Waals surface area contributed by atoms with Crippen LogP contribution in [0, 0.1) is 0 Å². The molecule has 56 heavy (non-hydrogen) atoms. The highest BCUT2D eigenvalue weighted by Crippen LogP contribution is 2.36. The van der Waals surface area contributed by atoms with E-state index < -0.39 is 116 Å². The molecule has 18 heteroatoms. The van der Waals surface area contributed by atoms with Crippen molar-refractivity contribution in [1.29, 1.82) is 0 Å². The smallest absolute Gasteiger partial charge is 0.303 e. The fourth-order valence-electron chi connectivity index (χ4n) is 6.39. The van der Waals surface area contributed by atoms with Crippen LogP contribution in [0.5, 0.6) is 0 Å². The zero-order valence-corrected chi connectivity index (χ0v) is 32.0. The molecule has 0 aromatic carbocycles. The van der Waals surface area contributed by atoms with Gasteiger partial charge in [-0.05, 0) is 24.3 Å². The van der Waals surface area contributed by atoms with Crippen LogP contribution in [0.25, 0.3) is 0 Å². The SMILES string of the molecule is CC(=O)OC[C@H]1O[C@@H](O[C@H]2[C@H](OC(C)=O)[C@@H](OC(C)=O)[C@H](N(CC3=C=CC=C3)CC3=C=CC=C3)O[C@@H]2COC(C)=O)[C@H](OC(C)=O)[C@@H](OC(C)=O)[C@H]1OC(C)=O. The molecule has 0 aromatic heterocycles. The van der Waals surface area contributed by atoms with Crippen LogP contribution in [0.3, 0.4) is 0 Å². The molecule has 0 bridgehead atoms. The molecule has 2 fully saturated rings. The van der Waals surface area contributed by atoms with E-state index in [1.165, 1.54) is 0 Å². The Morgan fingerprint density at radius 2 is 0.946 bits per heavy atom. The van der Waals surface area contributed by atoms with E-state index in [4.69, 9.17) is 47.4 Å². The summed E-state index contributed by atoms with van der Waals surface area (Å²) in [5.74, 6) is -5.71. The second kappa shape index (κ2) is 20.0. The molecule has 4 rings (SSSR count). The van der Waals surface area contributed by atoms with E-state index in [9.17, 15) is 33.6 Å². The van der Waals surface area contributed by atoms with Gasteiger partial charge >= 0.3 is 41.8 Å². The predicted molar refractivity (Wildman–Crippen MR) is 186 cm³/mol. The van der Waals surface area contributed by atoms with Gasteiger partial charge in [0.1, 0.15) is 31.5 Å².